The van der Waals surface area contributed by atoms with Gasteiger partial charge in [-0.1, -0.05) is 30.2 Å². The Morgan fingerprint density at radius 2 is 2.02 bits per heavy atom. The minimum Gasteiger partial charge on any atom is -0.472 e. The molecule has 3 fully saturated rings. The van der Waals surface area contributed by atoms with Gasteiger partial charge in [0.15, 0.2) is 0 Å². The van der Waals surface area contributed by atoms with E-state index in [2.05, 4.69) is 62.2 Å². The van der Waals surface area contributed by atoms with Crippen molar-refractivity contribution in [3.8, 4) is 5.88 Å². The molecule has 45 heavy (non-hydrogen) atoms. The lowest BCUT2D eigenvalue weighted by Crippen LogP contribution is -2.55. The number of hydrogen-bond donors (Lipinski definition) is 4. The van der Waals surface area contributed by atoms with Crippen LogP contribution in [0.4, 0.5) is 6.01 Å². The number of aryl methyl sites for hydroxylation is 3. The van der Waals surface area contributed by atoms with Crippen molar-refractivity contribution in [3.05, 3.63) is 54.1 Å². The van der Waals surface area contributed by atoms with Crippen molar-refractivity contribution >= 4 is 38.6 Å². The van der Waals surface area contributed by atoms with E-state index in [0.29, 0.717) is 50.4 Å². The van der Waals surface area contributed by atoms with Gasteiger partial charge in [0.2, 0.25) is 27.7 Å². The number of anilines is 1. The van der Waals surface area contributed by atoms with Crippen LogP contribution in [0.25, 0.3) is 10.8 Å². The van der Waals surface area contributed by atoms with Crippen LogP contribution in [0, 0.1) is 5.92 Å². The fraction of sp³-hybridized carbons (Fsp3) is 0.516. The molecule has 2 aromatic heterocycles. The van der Waals surface area contributed by atoms with Crippen LogP contribution in [0.15, 0.2) is 41.5 Å². The zero-order valence-corrected chi connectivity index (χ0v) is 26.1. The molecule has 3 heterocycles. The normalized spacial score (nSPS) is 24.3. The highest BCUT2D eigenvalue weighted by Crippen LogP contribution is 2.45. The van der Waals surface area contributed by atoms with Gasteiger partial charge in [-0.3, -0.25) is 14.3 Å². The van der Waals surface area contributed by atoms with Crippen molar-refractivity contribution in [2.45, 2.75) is 87.6 Å². The van der Waals surface area contributed by atoms with Gasteiger partial charge in [-0.25, -0.2) is 13.4 Å². The van der Waals surface area contributed by atoms with Gasteiger partial charge in [0.25, 0.3) is 5.91 Å². The predicted octanol–water partition coefficient (Wildman–Crippen LogP) is 2.11. The smallest absolute Gasteiger partial charge is 0.312 e. The summed E-state index contributed by atoms with van der Waals surface area (Å²) in [6.07, 6.45) is 8.95. The van der Waals surface area contributed by atoms with Crippen LogP contribution < -0.4 is 25.8 Å². The maximum Gasteiger partial charge on any atom is 0.312 e. The first-order chi connectivity index (χ1) is 21.6. The number of benzene rings is 1. The molecule has 14 heteroatoms. The summed E-state index contributed by atoms with van der Waals surface area (Å²) in [4.78, 5) is 31.0. The number of nitrogens with one attached hydrogen (secondary N) is 3. The standard InChI is InChI=1S/C31H39N7O6S/c1-3-19-16-34-28(24-13-18(9-12-23(19)24)7-5-6-8-26-36-37-30(32)44-26)43-21-14-25(33-17-21)27(39)35-31(15-20(31)4-2)29(40)38-45(41,42)22-10-11-22/h4,9,12-13,16,20-22,25,33H,2-3,5-8,10-11,14-15,17H2,1H3,(H2,32,37)(H,35,39)(H,38,40)/t20-,21-,25?,31-/m1/s1. The Morgan fingerprint density at radius 1 is 1.22 bits per heavy atom. The van der Waals surface area contributed by atoms with Crippen molar-refractivity contribution in [3.63, 3.8) is 0 Å². The van der Waals surface area contributed by atoms with Gasteiger partial charge in [-0.15, -0.1) is 11.7 Å². The Hall–Kier alpha value is -4.04. The monoisotopic (exact) mass is 637 g/mol. The lowest BCUT2D eigenvalue weighted by molar-refractivity contribution is -0.130. The molecule has 1 aliphatic heterocycles. The van der Waals surface area contributed by atoms with E-state index >= 15 is 0 Å². The lowest BCUT2D eigenvalue weighted by atomic mass is 10.00. The highest BCUT2D eigenvalue weighted by Gasteiger charge is 2.61. The largest absolute Gasteiger partial charge is 0.472 e. The van der Waals surface area contributed by atoms with E-state index in [9.17, 15) is 18.0 Å². The summed E-state index contributed by atoms with van der Waals surface area (Å²) in [6, 6.07) is 5.82. The third-order valence-electron chi connectivity index (χ3n) is 8.90. The number of nitrogen functional groups attached to an aromatic ring is 1. The molecule has 1 unspecified atom stereocenters. The number of carbonyl (C=O) groups is 2. The number of ether oxygens (including phenoxy) is 1. The maximum atomic E-state index is 13.3. The number of pyridine rings is 1. The zero-order valence-electron chi connectivity index (χ0n) is 25.3. The summed E-state index contributed by atoms with van der Waals surface area (Å²) in [5.41, 5.74) is 6.46. The van der Waals surface area contributed by atoms with Gasteiger partial charge in [0.1, 0.15) is 11.6 Å². The number of aromatic nitrogens is 3. The predicted molar refractivity (Wildman–Crippen MR) is 167 cm³/mol. The SMILES string of the molecule is C=C[C@@H]1C[C@]1(NC(=O)C1C[C@@H](Oc2ncc(CC)c3ccc(CCCCc4nnc(N)o4)cc23)CN1)C(=O)NS(=O)(=O)C1CC1. The number of fused-ring (bicyclic) bond motifs is 1. The molecule has 13 nitrogen and oxygen atoms in total. The third kappa shape index (κ3) is 6.66. The lowest BCUT2D eigenvalue weighted by Gasteiger charge is -2.21. The van der Waals surface area contributed by atoms with E-state index in [-0.39, 0.29) is 23.9 Å². The topological polar surface area (TPSA) is 191 Å². The highest BCUT2D eigenvalue weighted by atomic mass is 32.2. The molecule has 1 saturated heterocycles. The van der Waals surface area contributed by atoms with Gasteiger partial charge in [0, 0.05) is 36.9 Å². The first-order valence-electron chi connectivity index (χ1n) is 15.5. The van der Waals surface area contributed by atoms with Gasteiger partial charge in [-0.2, -0.15) is 0 Å². The minimum atomic E-state index is -3.74. The van der Waals surface area contributed by atoms with E-state index in [0.717, 1.165) is 47.6 Å². The van der Waals surface area contributed by atoms with Crippen LogP contribution in [0.2, 0.25) is 0 Å². The second kappa shape index (κ2) is 12.4. The summed E-state index contributed by atoms with van der Waals surface area (Å²) in [6.45, 7) is 6.25. The fourth-order valence-electron chi connectivity index (χ4n) is 6.00. The second-order valence-corrected chi connectivity index (χ2v) is 14.1. The van der Waals surface area contributed by atoms with Crippen molar-refractivity contribution in [1.29, 1.82) is 0 Å². The van der Waals surface area contributed by atoms with Gasteiger partial charge >= 0.3 is 6.01 Å². The number of nitrogens with zero attached hydrogens (tertiary/aromatic N) is 3. The Bertz CT molecular complexity index is 1720. The van der Waals surface area contributed by atoms with Crippen LogP contribution >= 0.6 is 0 Å². The first kappa shape index (κ1) is 31.0. The first-order valence-corrected chi connectivity index (χ1v) is 17.1. The molecule has 4 atom stereocenters. The summed E-state index contributed by atoms with van der Waals surface area (Å²) in [5, 5.41) is 15.1. The van der Waals surface area contributed by atoms with Crippen LogP contribution in [0.3, 0.4) is 0 Å². The van der Waals surface area contributed by atoms with Crippen molar-refractivity contribution in [2.24, 2.45) is 5.92 Å². The summed E-state index contributed by atoms with van der Waals surface area (Å²) >= 11 is 0. The number of unbranched alkanes of at least 4 members (excludes halogenated alkanes) is 1. The molecule has 3 aliphatic rings. The molecule has 2 aliphatic carbocycles. The molecule has 2 saturated carbocycles. The third-order valence-corrected chi connectivity index (χ3v) is 10.7. The number of nitrogens with two attached hydrogens (primary N) is 1. The molecule has 5 N–H and O–H groups in total. The van der Waals surface area contributed by atoms with Gasteiger partial charge in [0.05, 0.1) is 11.3 Å². The zero-order chi connectivity index (χ0) is 31.8. The number of carbonyl (C=O) groups excluding carboxylic acids is 2. The molecule has 3 aromatic rings. The minimum absolute atomic E-state index is 0.0769. The molecule has 2 amide bonds. The van der Waals surface area contributed by atoms with Crippen LogP contribution in [0.1, 0.15) is 62.5 Å². The maximum absolute atomic E-state index is 13.3. The summed E-state index contributed by atoms with van der Waals surface area (Å²) in [5.74, 6) is -0.389. The average molecular weight is 638 g/mol. The van der Waals surface area contributed by atoms with E-state index < -0.39 is 32.8 Å². The molecule has 240 valence electrons. The van der Waals surface area contributed by atoms with E-state index in [1.165, 1.54) is 0 Å². The molecule has 6 rings (SSSR count). The van der Waals surface area contributed by atoms with Crippen LogP contribution in [0.5, 0.6) is 5.88 Å². The van der Waals surface area contributed by atoms with Crippen LogP contribution in [-0.4, -0.2) is 64.9 Å². The number of sulfonamides is 1. The number of amides is 2. The number of hydrogen-bond acceptors (Lipinski definition) is 11. The van der Waals surface area contributed by atoms with Gasteiger partial charge in [-0.05, 0) is 67.5 Å². The van der Waals surface area contributed by atoms with Crippen molar-refractivity contribution < 1.29 is 27.2 Å². The Labute approximate surface area is 261 Å². The van der Waals surface area contributed by atoms with Gasteiger partial charge < -0.3 is 25.5 Å². The Kier molecular flexibility index (Phi) is 8.53. The fourth-order valence-corrected chi connectivity index (χ4v) is 7.37. The molecular weight excluding hydrogens is 598 g/mol. The highest BCUT2D eigenvalue weighted by molar-refractivity contribution is 7.91. The molecule has 0 spiro atoms. The number of rotatable bonds is 14. The molecule has 1 aromatic carbocycles. The van der Waals surface area contributed by atoms with E-state index in [1.54, 1.807) is 6.08 Å². The average Bonchev–Trinajstić information content (AvgIpc) is 3.91. The van der Waals surface area contributed by atoms with Crippen LogP contribution in [-0.2, 0) is 38.9 Å². The quantitative estimate of drug-likeness (QED) is 0.150. The molecule has 0 radical (unpaired) electrons. The van der Waals surface area contributed by atoms with E-state index in [1.807, 2.05) is 6.20 Å². The molecular formula is C31H39N7O6S. The summed E-state index contributed by atoms with van der Waals surface area (Å²) in [7, 11) is -3.74. The Morgan fingerprint density at radius 3 is 2.71 bits per heavy atom. The summed E-state index contributed by atoms with van der Waals surface area (Å²) < 4.78 is 38.6. The van der Waals surface area contributed by atoms with Crippen molar-refractivity contribution in [1.82, 2.24) is 30.5 Å². The molecule has 0 bridgehead atoms. The second-order valence-electron chi connectivity index (χ2n) is 12.2. The van der Waals surface area contributed by atoms with E-state index in [4.69, 9.17) is 14.9 Å². The Balaban J connectivity index is 1.09. The van der Waals surface area contributed by atoms with Crippen molar-refractivity contribution in [2.75, 3.05) is 12.3 Å².